The van der Waals surface area contributed by atoms with Crippen LogP contribution in [-0.2, 0) is 9.59 Å². The lowest BCUT2D eigenvalue weighted by molar-refractivity contribution is -0.137. The normalized spacial score (nSPS) is 15.6. The molecule has 0 aliphatic carbocycles. The quantitative estimate of drug-likeness (QED) is 0.710. The maximum atomic E-state index is 13.4. The molecule has 7 nitrogen and oxygen atoms in total. The van der Waals surface area contributed by atoms with Gasteiger partial charge < -0.3 is 14.6 Å². The fraction of sp³-hybridized carbons (Fsp3) is 0.318. The molecule has 2 aromatic carbocycles. The van der Waals surface area contributed by atoms with Gasteiger partial charge >= 0.3 is 5.97 Å². The van der Waals surface area contributed by atoms with Gasteiger partial charge in [0.2, 0.25) is 5.91 Å². The van der Waals surface area contributed by atoms with E-state index in [4.69, 9.17) is 14.6 Å². The molecule has 0 aromatic heterocycles. The molecule has 1 unspecified atom stereocenters. The Morgan fingerprint density at radius 1 is 1.13 bits per heavy atom. The second-order valence-corrected chi connectivity index (χ2v) is 6.87. The molecule has 1 aliphatic rings. The molecule has 30 heavy (non-hydrogen) atoms. The maximum absolute atomic E-state index is 13.4. The predicted molar refractivity (Wildman–Crippen MR) is 108 cm³/mol. The number of hydrogen-bond donors (Lipinski definition) is 1. The minimum absolute atomic E-state index is 0.0561. The lowest BCUT2D eigenvalue weighted by Gasteiger charge is -2.22. The van der Waals surface area contributed by atoms with Gasteiger partial charge in [-0.15, -0.1) is 0 Å². The lowest BCUT2D eigenvalue weighted by atomic mass is 9.97. The third-order valence-corrected chi connectivity index (χ3v) is 4.92. The van der Waals surface area contributed by atoms with Crippen LogP contribution in [0, 0.1) is 5.82 Å². The zero-order valence-corrected chi connectivity index (χ0v) is 16.8. The zero-order chi connectivity index (χ0) is 21.7. The van der Waals surface area contributed by atoms with Crippen molar-refractivity contribution in [1.82, 2.24) is 5.01 Å². The van der Waals surface area contributed by atoms with E-state index in [1.807, 2.05) is 6.07 Å². The summed E-state index contributed by atoms with van der Waals surface area (Å²) in [7, 11) is 3.10. The number of aliphatic carboxylic acids is 1. The van der Waals surface area contributed by atoms with Crippen LogP contribution in [0.4, 0.5) is 4.39 Å². The third kappa shape index (κ3) is 4.76. The van der Waals surface area contributed by atoms with E-state index >= 15 is 0 Å². The van der Waals surface area contributed by atoms with Gasteiger partial charge in [0, 0.05) is 30.9 Å². The first kappa shape index (κ1) is 21.3. The molecule has 0 radical (unpaired) electrons. The number of rotatable bonds is 8. The SMILES string of the molecule is COc1ccc(C2=NN(C(=O)CCCC(=O)O)C(c3ccc(F)cc3)C2)c(OC)c1. The van der Waals surface area contributed by atoms with Crippen LogP contribution in [0.3, 0.4) is 0 Å². The highest BCUT2D eigenvalue weighted by molar-refractivity contribution is 6.05. The molecule has 2 aromatic rings. The van der Waals surface area contributed by atoms with Crippen LogP contribution in [0.15, 0.2) is 47.6 Å². The van der Waals surface area contributed by atoms with Crippen molar-refractivity contribution in [3.63, 3.8) is 0 Å². The summed E-state index contributed by atoms with van der Waals surface area (Å²) in [5.41, 5.74) is 2.12. The van der Waals surface area contributed by atoms with Crippen LogP contribution in [0.1, 0.15) is 42.9 Å². The van der Waals surface area contributed by atoms with Crippen molar-refractivity contribution in [1.29, 1.82) is 0 Å². The minimum Gasteiger partial charge on any atom is -0.497 e. The van der Waals surface area contributed by atoms with Crippen LogP contribution in [0.5, 0.6) is 11.5 Å². The first-order chi connectivity index (χ1) is 14.4. The monoisotopic (exact) mass is 414 g/mol. The fourth-order valence-corrected chi connectivity index (χ4v) is 3.39. The number of methoxy groups -OCH3 is 2. The molecule has 1 N–H and O–H groups in total. The summed E-state index contributed by atoms with van der Waals surface area (Å²) in [5.74, 6) is -0.411. The van der Waals surface area contributed by atoms with Gasteiger partial charge in [-0.1, -0.05) is 12.1 Å². The molecule has 8 heteroatoms. The highest BCUT2D eigenvalue weighted by Gasteiger charge is 2.33. The molecule has 0 bridgehead atoms. The van der Waals surface area contributed by atoms with Crippen LogP contribution in [0.2, 0.25) is 0 Å². The smallest absolute Gasteiger partial charge is 0.303 e. The molecule has 1 heterocycles. The van der Waals surface area contributed by atoms with E-state index in [0.29, 0.717) is 23.6 Å². The van der Waals surface area contributed by atoms with Crippen molar-refractivity contribution >= 4 is 17.6 Å². The topological polar surface area (TPSA) is 88.4 Å². The summed E-state index contributed by atoms with van der Waals surface area (Å²) in [6.07, 6.45) is 0.598. The number of hydrazone groups is 1. The number of hydrogen-bond acceptors (Lipinski definition) is 5. The van der Waals surface area contributed by atoms with E-state index in [1.165, 1.54) is 17.1 Å². The van der Waals surface area contributed by atoms with Gasteiger partial charge in [-0.2, -0.15) is 5.10 Å². The van der Waals surface area contributed by atoms with Gasteiger partial charge in [0.1, 0.15) is 17.3 Å². The number of carbonyl (C=O) groups excluding carboxylic acids is 1. The predicted octanol–water partition coefficient (Wildman–Crippen LogP) is 3.78. The fourth-order valence-electron chi connectivity index (χ4n) is 3.39. The van der Waals surface area contributed by atoms with E-state index in [-0.39, 0.29) is 31.0 Å². The van der Waals surface area contributed by atoms with Crippen molar-refractivity contribution in [2.24, 2.45) is 5.10 Å². The molecule has 3 rings (SSSR count). The van der Waals surface area contributed by atoms with E-state index in [1.54, 1.807) is 38.5 Å². The number of carbonyl (C=O) groups is 2. The number of benzene rings is 2. The molecule has 158 valence electrons. The van der Waals surface area contributed by atoms with E-state index in [2.05, 4.69) is 5.10 Å². The highest BCUT2D eigenvalue weighted by Crippen LogP contribution is 2.36. The van der Waals surface area contributed by atoms with Gasteiger partial charge in [-0.3, -0.25) is 9.59 Å². The average molecular weight is 414 g/mol. The Bertz CT molecular complexity index is 959. The molecule has 0 fully saturated rings. The molecule has 1 amide bonds. The standard InChI is InChI=1S/C22H23FN2O5/c1-29-16-10-11-17(20(12-16)30-2)18-13-19(14-6-8-15(23)9-7-14)25(24-18)21(26)4-3-5-22(27)28/h6-12,19H,3-5,13H2,1-2H3,(H,27,28). The molecule has 0 saturated heterocycles. The Balaban J connectivity index is 1.92. The summed E-state index contributed by atoms with van der Waals surface area (Å²) < 4.78 is 24.1. The summed E-state index contributed by atoms with van der Waals surface area (Å²) in [5, 5.41) is 14.7. The Morgan fingerprint density at radius 2 is 1.87 bits per heavy atom. The van der Waals surface area contributed by atoms with Gasteiger partial charge in [0.15, 0.2) is 0 Å². The number of carboxylic acids is 1. The van der Waals surface area contributed by atoms with Crippen molar-refractivity contribution in [2.45, 2.75) is 31.7 Å². The summed E-state index contributed by atoms with van der Waals surface area (Å²) >= 11 is 0. The number of carboxylic acid groups (broad SMARTS) is 1. The zero-order valence-electron chi connectivity index (χ0n) is 16.8. The number of ether oxygens (including phenoxy) is 2. The van der Waals surface area contributed by atoms with Crippen LogP contribution in [0.25, 0.3) is 0 Å². The molecule has 1 atom stereocenters. The van der Waals surface area contributed by atoms with Crippen LogP contribution in [-0.4, -0.2) is 41.9 Å². The van der Waals surface area contributed by atoms with Crippen molar-refractivity contribution in [3.8, 4) is 11.5 Å². The number of amides is 1. The third-order valence-electron chi connectivity index (χ3n) is 4.92. The second-order valence-electron chi connectivity index (χ2n) is 6.87. The molecular formula is C22H23FN2O5. The molecule has 0 saturated carbocycles. The number of nitrogens with zero attached hydrogens (tertiary/aromatic N) is 2. The number of halogens is 1. The highest BCUT2D eigenvalue weighted by atomic mass is 19.1. The van der Waals surface area contributed by atoms with Crippen LogP contribution >= 0.6 is 0 Å². The van der Waals surface area contributed by atoms with Gasteiger partial charge in [-0.25, -0.2) is 9.40 Å². The summed E-state index contributed by atoms with van der Waals surface area (Å²) in [6, 6.07) is 10.9. The van der Waals surface area contributed by atoms with E-state index in [9.17, 15) is 14.0 Å². The maximum Gasteiger partial charge on any atom is 0.303 e. The minimum atomic E-state index is -0.952. The van der Waals surface area contributed by atoms with Crippen molar-refractivity contribution in [2.75, 3.05) is 14.2 Å². The van der Waals surface area contributed by atoms with Crippen LogP contribution < -0.4 is 9.47 Å². The second kappa shape index (κ2) is 9.39. The Labute approximate surface area is 173 Å². The van der Waals surface area contributed by atoms with E-state index < -0.39 is 12.0 Å². The molecule has 0 spiro atoms. The first-order valence-electron chi connectivity index (χ1n) is 9.52. The van der Waals surface area contributed by atoms with Crippen molar-refractivity contribution in [3.05, 3.63) is 59.4 Å². The first-order valence-corrected chi connectivity index (χ1v) is 9.52. The average Bonchev–Trinajstić information content (AvgIpc) is 3.18. The summed E-state index contributed by atoms with van der Waals surface area (Å²) in [4.78, 5) is 23.6. The lowest BCUT2D eigenvalue weighted by Crippen LogP contribution is -2.27. The largest absolute Gasteiger partial charge is 0.497 e. The van der Waals surface area contributed by atoms with Gasteiger partial charge in [0.25, 0.3) is 0 Å². The molecule has 1 aliphatic heterocycles. The van der Waals surface area contributed by atoms with E-state index in [0.717, 1.165) is 11.1 Å². The van der Waals surface area contributed by atoms with Gasteiger partial charge in [-0.05, 0) is 36.2 Å². The Morgan fingerprint density at radius 3 is 2.50 bits per heavy atom. The summed E-state index contributed by atoms with van der Waals surface area (Å²) in [6.45, 7) is 0. The molecular weight excluding hydrogens is 391 g/mol. The Kier molecular flexibility index (Phi) is 6.66. The van der Waals surface area contributed by atoms with Crippen molar-refractivity contribution < 1.29 is 28.6 Å². The van der Waals surface area contributed by atoms with Gasteiger partial charge in [0.05, 0.1) is 26.0 Å². The Hall–Kier alpha value is -3.42.